The second kappa shape index (κ2) is 5.61. The number of thioether (sulfide) groups is 1. The molecule has 0 aliphatic heterocycles. The minimum Gasteiger partial charge on any atom is -0.468 e. The van der Waals surface area contributed by atoms with Crippen molar-refractivity contribution in [3.63, 3.8) is 0 Å². The second-order valence-electron chi connectivity index (χ2n) is 5.37. The number of nitrogens with two attached hydrogens (primary N) is 1. The van der Waals surface area contributed by atoms with Gasteiger partial charge in [0.15, 0.2) is 5.16 Å². The molecule has 1 aromatic heterocycles. The zero-order valence-electron chi connectivity index (χ0n) is 11.9. The Morgan fingerprint density at radius 1 is 1.65 bits per heavy atom. The van der Waals surface area contributed by atoms with Crippen molar-refractivity contribution in [2.75, 3.05) is 12.9 Å². The molecular weight excluding hydrogens is 280 g/mol. The van der Waals surface area contributed by atoms with Crippen molar-refractivity contribution in [3.05, 3.63) is 10.5 Å². The second-order valence-corrected chi connectivity index (χ2v) is 6.31. The van der Waals surface area contributed by atoms with Crippen molar-refractivity contribution in [1.29, 1.82) is 0 Å². The summed E-state index contributed by atoms with van der Waals surface area (Å²) in [5, 5.41) is 6.95. The Hall–Kier alpha value is -1.28. The molecule has 1 heterocycles. The topological polar surface area (TPSA) is 103 Å². The first-order valence-electron chi connectivity index (χ1n) is 6.57. The molecule has 8 heteroatoms. The predicted molar refractivity (Wildman–Crippen MR) is 75.6 cm³/mol. The van der Waals surface area contributed by atoms with Crippen LogP contribution in [-0.4, -0.2) is 39.1 Å². The number of ether oxygens (including phenoxy) is 1. The minimum atomic E-state index is -1.00. The van der Waals surface area contributed by atoms with Crippen LogP contribution < -0.4 is 11.4 Å². The van der Waals surface area contributed by atoms with E-state index in [9.17, 15) is 9.59 Å². The Morgan fingerprint density at radius 3 is 2.80 bits per heavy atom. The third kappa shape index (κ3) is 2.76. The van der Waals surface area contributed by atoms with Crippen LogP contribution in [0.5, 0.6) is 0 Å². The molecule has 1 aromatic rings. The van der Waals surface area contributed by atoms with Gasteiger partial charge >= 0.3 is 11.7 Å². The summed E-state index contributed by atoms with van der Waals surface area (Å²) in [6.07, 6.45) is 1.87. The molecule has 3 N–H and O–H groups in total. The van der Waals surface area contributed by atoms with E-state index >= 15 is 0 Å². The number of hydrogen-bond donors (Lipinski definition) is 2. The third-order valence-corrected chi connectivity index (χ3v) is 4.67. The molecule has 0 aromatic carbocycles. The number of aromatic amines is 1. The SMILES string of the molecule is COC(=O)C(N)(CSc1n[nH]c(=O)n1C(C)C)C1CC1. The zero-order valence-corrected chi connectivity index (χ0v) is 12.7. The summed E-state index contributed by atoms with van der Waals surface area (Å²) in [5.74, 6) is 0.101. The van der Waals surface area contributed by atoms with Gasteiger partial charge in [-0.15, -0.1) is 5.10 Å². The van der Waals surface area contributed by atoms with Gasteiger partial charge < -0.3 is 10.5 Å². The van der Waals surface area contributed by atoms with Crippen molar-refractivity contribution in [2.45, 2.75) is 43.4 Å². The van der Waals surface area contributed by atoms with E-state index in [0.29, 0.717) is 10.9 Å². The molecule has 20 heavy (non-hydrogen) atoms. The van der Waals surface area contributed by atoms with Crippen molar-refractivity contribution in [2.24, 2.45) is 11.7 Å². The molecule has 112 valence electrons. The number of esters is 1. The van der Waals surface area contributed by atoms with Crippen LogP contribution in [0.3, 0.4) is 0 Å². The van der Waals surface area contributed by atoms with Crippen molar-refractivity contribution < 1.29 is 9.53 Å². The maximum absolute atomic E-state index is 11.9. The van der Waals surface area contributed by atoms with Gasteiger partial charge in [-0.05, 0) is 32.6 Å². The Morgan fingerprint density at radius 2 is 2.30 bits per heavy atom. The van der Waals surface area contributed by atoms with Crippen LogP contribution in [0.4, 0.5) is 0 Å². The molecule has 1 aliphatic carbocycles. The number of methoxy groups -OCH3 is 1. The number of nitrogens with one attached hydrogen (secondary N) is 1. The van der Waals surface area contributed by atoms with Gasteiger partial charge in [0.25, 0.3) is 0 Å². The fraction of sp³-hybridized carbons (Fsp3) is 0.750. The van der Waals surface area contributed by atoms with Crippen LogP contribution in [0.2, 0.25) is 0 Å². The summed E-state index contributed by atoms with van der Waals surface area (Å²) in [4.78, 5) is 23.6. The lowest BCUT2D eigenvalue weighted by atomic mass is 9.97. The van der Waals surface area contributed by atoms with E-state index in [0.717, 1.165) is 12.8 Å². The first kappa shape index (κ1) is 15.1. The van der Waals surface area contributed by atoms with E-state index < -0.39 is 11.5 Å². The first-order chi connectivity index (χ1) is 9.40. The molecule has 0 amide bonds. The number of nitrogens with zero attached hydrogens (tertiary/aromatic N) is 2. The van der Waals surface area contributed by atoms with E-state index in [2.05, 4.69) is 10.2 Å². The number of carbonyl (C=O) groups is 1. The number of hydrogen-bond acceptors (Lipinski definition) is 6. The number of H-pyrrole nitrogens is 1. The lowest BCUT2D eigenvalue weighted by molar-refractivity contribution is -0.146. The summed E-state index contributed by atoms with van der Waals surface area (Å²) in [5.41, 5.74) is 4.96. The average Bonchev–Trinajstić information content (AvgIpc) is 3.19. The molecule has 0 radical (unpaired) electrons. The maximum Gasteiger partial charge on any atom is 0.344 e. The van der Waals surface area contributed by atoms with E-state index in [4.69, 9.17) is 10.5 Å². The highest BCUT2D eigenvalue weighted by molar-refractivity contribution is 7.99. The lowest BCUT2D eigenvalue weighted by Crippen LogP contribution is -2.53. The first-order valence-corrected chi connectivity index (χ1v) is 7.55. The van der Waals surface area contributed by atoms with Gasteiger partial charge in [-0.25, -0.2) is 9.89 Å². The van der Waals surface area contributed by atoms with Gasteiger partial charge in [0.05, 0.1) is 7.11 Å². The Balaban J connectivity index is 2.14. The van der Waals surface area contributed by atoms with Gasteiger partial charge in [0.1, 0.15) is 5.54 Å². The zero-order chi connectivity index (χ0) is 14.9. The number of aromatic nitrogens is 3. The summed E-state index contributed by atoms with van der Waals surface area (Å²) in [7, 11) is 1.34. The van der Waals surface area contributed by atoms with Crippen LogP contribution in [-0.2, 0) is 9.53 Å². The molecule has 1 atom stereocenters. The Bertz CT molecular complexity index is 549. The molecule has 1 saturated carbocycles. The highest BCUT2D eigenvalue weighted by Gasteiger charge is 2.49. The number of carbonyl (C=O) groups excluding carboxylic acids is 1. The van der Waals surface area contributed by atoms with Crippen LogP contribution in [0.25, 0.3) is 0 Å². The lowest BCUT2D eigenvalue weighted by Gasteiger charge is -2.25. The van der Waals surface area contributed by atoms with Crippen molar-refractivity contribution >= 4 is 17.7 Å². The van der Waals surface area contributed by atoms with Crippen molar-refractivity contribution in [3.8, 4) is 0 Å². The smallest absolute Gasteiger partial charge is 0.344 e. The van der Waals surface area contributed by atoms with Gasteiger partial charge in [0.2, 0.25) is 0 Å². The molecule has 0 spiro atoms. The Labute approximate surface area is 121 Å². The molecular formula is C12H20N4O3S. The van der Waals surface area contributed by atoms with Gasteiger partial charge in [-0.3, -0.25) is 9.36 Å². The van der Waals surface area contributed by atoms with E-state index in [-0.39, 0.29) is 17.6 Å². The van der Waals surface area contributed by atoms with Crippen LogP contribution >= 0.6 is 11.8 Å². The fourth-order valence-corrected chi connectivity index (χ4v) is 3.43. The average molecular weight is 300 g/mol. The van der Waals surface area contributed by atoms with Gasteiger partial charge in [-0.1, -0.05) is 11.8 Å². The van der Waals surface area contributed by atoms with Crippen LogP contribution in [0, 0.1) is 5.92 Å². The van der Waals surface area contributed by atoms with E-state index in [1.54, 1.807) is 4.57 Å². The minimum absolute atomic E-state index is 0.00465. The normalized spacial score (nSPS) is 18.1. The monoisotopic (exact) mass is 300 g/mol. The molecule has 7 nitrogen and oxygen atoms in total. The Kier molecular flexibility index (Phi) is 4.24. The highest BCUT2D eigenvalue weighted by Crippen LogP contribution is 2.41. The van der Waals surface area contributed by atoms with Crippen LogP contribution in [0.15, 0.2) is 9.95 Å². The molecule has 0 bridgehead atoms. The third-order valence-electron chi connectivity index (χ3n) is 3.50. The number of rotatable bonds is 6. The molecule has 1 aliphatic rings. The highest BCUT2D eigenvalue weighted by atomic mass is 32.2. The molecule has 2 rings (SSSR count). The molecule has 1 unspecified atom stereocenters. The molecule has 0 saturated heterocycles. The van der Waals surface area contributed by atoms with E-state index in [1.807, 2.05) is 13.8 Å². The van der Waals surface area contributed by atoms with Crippen LogP contribution in [0.1, 0.15) is 32.7 Å². The fourth-order valence-electron chi connectivity index (χ4n) is 2.16. The predicted octanol–water partition coefficient (Wildman–Crippen LogP) is 0.525. The van der Waals surface area contributed by atoms with E-state index in [1.165, 1.54) is 18.9 Å². The van der Waals surface area contributed by atoms with Crippen molar-refractivity contribution in [1.82, 2.24) is 14.8 Å². The molecule has 1 fully saturated rings. The standard InChI is InChI=1S/C12H20N4O3S/c1-7(2)16-10(18)14-15-11(16)20-6-12(13,8-4-5-8)9(17)19-3/h7-8H,4-6,13H2,1-3H3,(H,14,18). The van der Waals surface area contributed by atoms with Gasteiger partial charge in [-0.2, -0.15) is 0 Å². The summed E-state index contributed by atoms with van der Waals surface area (Å²) >= 11 is 1.31. The summed E-state index contributed by atoms with van der Waals surface area (Å²) < 4.78 is 6.36. The summed E-state index contributed by atoms with van der Waals surface area (Å²) in [6, 6.07) is -0.00465. The largest absolute Gasteiger partial charge is 0.468 e. The van der Waals surface area contributed by atoms with Gasteiger partial charge in [0, 0.05) is 11.8 Å². The maximum atomic E-state index is 11.9. The quantitative estimate of drug-likeness (QED) is 0.586. The summed E-state index contributed by atoms with van der Waals surface area (Å²) in [6.45, 7) is 3.80.